The van der Waals surface area contributed by atoms with Gasteiger partial charge in [0.25, 0.3) is 0 Å². The first-order valence-electron chi connectivity index (χ1n) is 2.69. The molecule has 46 valence electrons. The highest BCUT2D eigenvalue weighted by molar-refractivity contribution is 4.96. The molecule has 0 aromatic carbocycles. The van der Waals surface area contributed by atoms with Crippen molar-refractivity contribution in [1.29, 1.82) is 0 Å². The quantitative estimate of drug-likeness (QED) is 0.472. The predicted octanol–water partition coefficient (Wildman–Crippen LogP) is 0.934. The third kappa shape index (κ3) is 1.08. The van der Waals surface area contributed by atoms with Crippen molar-refractivity contribution in [2.24, 2.45) is 0 Å². The first-order valence-corrected chi connectivity index (χ1v) is 2.69. The summed E-state index contributed by atoms with van der Waals surface area (Å²) in [4.78, 5) is 0. The fraction of sp³-hybridized carbons (Fsp3) is 0.667. The van der Waals surface area contributed by atoms with Gasteiger partial charge in [0, 0.05) is 7.11 Å². The summed E-state index contributed by atoms with van der Waals surface area (Å²) < 4.78 is 10.0. The zero-order valence-corrected chi connectivity index (χ0v) is 5.13. The van der Waals surface area contributed by atoms with Crippen molar-refractivity contribution in [3.05, 3.63) is 12.2 Å². The fourth-order valence-corrected chi connectivity index (χ4v) is 0.684. The lowest BCUT2D eigenvalue weighted by molar-refractivity contribution is -0.0931. The molecule has 2 heteroatoms. The first kappa shape index (κ1) is 5.79. The van der Waals surface area contributed by atoms with Crippen LogP contribution in [0.3, 0.4) is 0 Å². The molecule has 0 fully saturated rings. The molecule has 2 nitrogen and oxygen atoms in total. The molecule has 8 heavy (non-hydrogen) atoms. The minimum Gasteiger partial charge on any atom is -0.352 e. The summed E-state index contributed by atoms with van der Waals surface area (Å²) in [5, 5.41) is 0. The number of hydrogen-bond acceptors (Lipinski definition) is 2. The Labute approximate surface area is 49.1 Å². The molecular weight excluding hydrogens is 104 g/mol. The molecule has 1 aliphatic rings. The van der Waals surface area contributed by atoms with Gasteiger partial charge in [0.1, 0.15) is 0 Å². The van der Waals surface area contributed by atoms with E-state index in [9.17, 15) is 0 Å². The minimum atomic E-state index is -0.106. The van der Waals surface area contributed by atoms with Gasteiger partial charge in [0.15, 0.2) is 6.29 Å². The Hall–Kier alpha value is -0.340. The second-order valence-corrected chi connectivity index (χ2v) is 1.83. The summed E-state index contributed by atoms with van der Waals surface area (Å²) in [5.74, 6) is 0. The van der Waals surface area contributed by atoms with Gasteiger partial charge in [-0.05, 0) is 13.0 Å². The molecule has 1 rings (SSSR count). The second-order valence-electron chi connectivity index (χ2n) is 1.83. The molecule has 0 aliphatic carbocycles. The van der Waals surface area contributed by atoms with E-state index in [4.69, 9.17) is 9.47 Å². The highest BCUT2D eigenvalue weighted by Crippen LogP contribution is 2.09. The van der Waals surface area contributed by atoms with E-state index in [-0.39, 0.29) is 12.4 Å². The van der Waals surface area contributed by atoms with Crippen molar-refractivity contribution in [2.75, 3.05) is 7.11 Å². The topological polar surface area (TPSA) is 18.5 Å². The van der Waals surface area contributed by atoms with Gasteiger partial charge in [-0.25, -0.2) is 0 Å². The largest absolute Gasteiger partial charge is 0.352 e. The van der Waals surface area contributed by atoms with E-state index < -0.39 is 0 Å². The molecule has 0 spiro atoms. The standard InChI is InChI=1S/C6H10O2/c1-5-3-4-6(7-2)8-5/h3-6H,1-2H3. The van der Waals surface area contributed by atoms with Crippen LogP contribution in [0.15, 0.2) is 12.2 Å². The van der Waals surface area contributed by atoms with Crippen LogP contribution < -0.4 is 0 Å². The number of rotatable bonds is 1. The summed E-state index contributed by atoms with van der Waals surface area (Å²) in [5.41, 5.74) is 0. The maximum atomic E-state index is 5.18. The maximum Gasteiger partial charge on any atom is 0.177 e. The molecule has 0 radical (unpaired) electrons. The Morgan fingerprint density at radius 2 is 2.25 bits per heavy atom. The molecule has 0 saturated heterocycles. The zero-order chi connectivity index (χ0) is 5.98. The van der Waals surface area contributed by atoms with Crippen molar-refractivity contribution >= 4 is 0 Å². The minimum absolute atomic E-state index is 0.106. The molecule has 2 unspecified atom stereocenters. The third-order valence-corrected chi connectivity index (χ3v) is 1.12. The van der Waals surface area contributed by atoms with Gasteiger partial charge in [-0.2, -0.15) is 0 Å². The van der Waals surface area contributed by atoms with Crippen LogP contribution in [0.1, 0.15) is 6.92 Å². The first-order chi connectivity index (χ1) is 3.83. The van der Waals surface area contributed by atoms with Gasteiger partial charge >= 0.3 is 0 Å². The molecule has 2 atom stereocenters. The van der Waals surface area contributed by atoms with Crippen LogP contribution in [0.25, 0.3) is 0 Å². The summed E-state index contributed by atoms with van der Waals surface area (Å²) >= 11 is 0. The van der Waals surface area contributed by atoms with Crippen LogP contribution >= 0.6 is 0 Å². The van der Waals surface area contributed by atoms with Crippen molar-refractivity contribution in [3.63, 3.8) is 0 Å². The maximum absolute atomic E-state index is 5.18. The van der Waals surface area contributed by atoms with Crippen molar-refractivity contribution in [1.82, 2.24) is 0 Å². The lowest BCUT2D eigenvalue weighted by atomic mass is 10.4. The molecule has 1 aliphatic heterocycles. The van der Waals surface area contributed by atoms with Gasteiger partial charge in [0.2, 0.25) is 0 Å². The summed E-state index contributed by atoms with van der Waals surface area (Å²) in [6.07, 6.45) is 4.00. The van der Waals surface area contributed by atoms with E-state index in [0.717, 1.165) is 0 Å². The normalized spacial score (nSPS) is 36.2. The highest BCUT2D eigenvalue weighted by atomic mass is 16.7. The second kappa shape index (κ2) is 2.29. The van der Waals surface area contributed by atoms with Gasteiger partial charge in [-0.15, -0.1) is 0 Å². The van der Waals surface area contributed by atoms with Gasteiger partial charge in [-0.1, -0.05) is 6.08 Å². The number of methoxy groups -OCH3 is 1. The van der Waals surface area contributed by atoms with Crippen LogP contribution in [0.4, 0.5) is 0 Å². The SMILES string of the molecule is COC1C=CC(C)O1. The average Bonchev–Trinajstić information content (AvgIpc) is 2.14. The third-order valence-electron chi connectivity index (χ3n) is 1.12. The molecule has 0 amide bonds. The average molecular weight is 114 g/mol. The lowest BCUT2D eigenvalue weighted by Crippen LogP contribution is -2.10. The highest BCUT2D eigenvalue weighted by Gasteiger charge is 2.12. The Morgan fingerprint density at radius 1 is 1.50 bits per heavy atom. The molecule has 0 aromatic rings. The molecular formula is C6H10O2. The zero-order valence-electron chi connectivity index (χ0n) is 5.13. The van der Waals surface area contributed by atoms with Crippen LogP contribution in [0.5, 0.6) is 0 Å². The molecule has 1 heterocycles. The molecule has 0 bridgehead atoms. The predicted molar refractivity (Wildman–Crippen MR) is 30.5 cm³/mol. The number of hydrogen-bond donors (Lipinski definition) is 0. The van der Waals surface area contributed by atoms with Crippen LogP contribution in [0.2, 0.25) is 0 Å². The Morgan fingerprint density at radius 3 is 2.50 bits per heavy atom. The molecule has 0 aromatic heterocycles. The van der Waals surface area contributed by atoms with E-state index in [2.05, 4.69) is 0 Å². The van der Waals surface area contributed by atoms with E-state index in [0.29, 0.717) is 0 Å². The van der Waals surface area contributed by atoms with Crippen LogP contribution in [0, 0.1) is 0 Å². The summed E-state index contributed by atoms with van der Waals surface area (Å²) in [7, 11) is 1.63. The summed E-state index contributed by atoms with van der Waals surface area (Å²) in [6.45, 7) is 1.98. The smallest absolute Gasteiger partial charge is 0.177 e. The van der Waals surface area contributed by atoms with Crippen molar-refractivity contribution < 1.29 is 9.47 Å². The molecule has 0 N–H and O–H groups in total. The lowest BCUT2D eigenvalue weighted by Gasteiger charge is -2.06. The van der Waals surface area contributed by atoms with Gasteiger partial charge in [0.05, 0.1) is 6.10 Å². The van der Waals surface area contributed by atoms with Crippen molar-refractivity contribution in [2.45, 2.75) is 19.3 Å². The fourth-order valence-electron chi connectivity index (χ4n) is 0.684. The van der Waals surface area contributed by atoms with E-state index in [1.807, 2.05) is 19.1 Å². The van der Waals surface area contributed by atoms with E-state index >= 15 is 0 Å². The van der Waals surface area contributed by atoms with E-state index in [1.54, 1.807) is 7.11 Å². The molecule has 0 saturated carbocycles. The van der Waals surface area contributed by atoms with E-state index in [1.165, 1.54) is 0 Å². The Balaban J connectivity index is 2.34. The summed E-state index contributed by atoms with van der Waals surface area (Å²) in [6, 6.07) is 0. The Kier molecular flexibility index (Phi) is 1.65. The van der Waals surface area contributed by atoms with Gasteiger partial charge in [-0.3, -0.25) is 0 Å². The number of ether oxygens (including phenoxy) is 2. The van der Waals surface area contributed by atoms with Gasteiger partial charge < -0.3 is 9.47 Å². The monoisotopic (exact) mass is 114 g/mol. The Bertz CT molecular complexity index is 98.7. The van der Waals surface area contributed by atoms with Crippen LogP contribution in [-0.4, -0.2) is 19.5 Å². The van der Waals surface area contributed by atoms with Crippen LogP contribution in [-0.2, 0) is 9.47 Å². The van der Waals surface area contributed by atoms with Crippen molar-refractivity contribution in [3.8, 4) is 0 Å².